The Kier molecular flexibility index (Phi) is 5.50. The molecule has 4 rings (SSSR count). The molecule has 2 unspecified atom stereocenters. The van der Waals surface area contributed by atoms with Gasteiger partial charge in [-0.3, -0.25) is 0 Å². The molecule has 2 heteroatoms. The molecule has 0 bridgehead atoms. The molecule has 0 saturated carbocycles. The summed E-state index contributed by atoms with van der Waals surface area (Å²) >= 11 is 0. The average Bonchev–Trinajstić information content (AvgIpc) is 3.07. The van der Waals surface area contributed by atoms with E-state index < -0.39 is 0 Å². The Bertz CT molecular complexity index is 901. The van der Waals surface area contributed by atoms with Crippen LogP contribution in [-0.4, -0.2) is 12.9 Å². The topological polar surface area (TPSA) is 18.5 Å². The lowest BCUT2D eigenvalue weighted by Gasteiger charge is -2.26. The predicted molar refractivity (Wildman–Crippen MR) is 115 cm³/mol. The molecule has 0 fully saturated rings. The molecule has 0 N–H and O–H groups in total. The first-order valence-electron chi connectivity index (χ1n) is 10.3. The van der Waals surface area contributed by atoms with Crippen LogP contribution in [0.1, 0.15) is 55.7 Å². The largest absolute Gasteiger partial charge is 0.464 e. The zero-order valence-corrected chi connectivity index (χ0v) is 16.9. The zero-order chi connectivity index (χ0) is 19.5. The molecule has 1 aliphatic carbocycles. The van der Waals surface area contributed by atoms with Crippen LogP contribution in [0.5, 0.6) is 5.75 Å². The molecule has 0 aromatic heterocycles. The lowest BCUT2D eigenvalue weighted by molar-refractivity contribution is -0.0841. The van der Waals surface area contributed by atoms with Crippen LogP contribution in [0.4, 0.5) is 0 Å². The smallest absolute Gasteiger partial charge is 0.210 e. The highest BCUT2D eigenvalue weighted by Crippen LogP contribution is 2.47. The van der Waals surface area contributed by atoms with Gasteiger partial charge in [0.2, 0.25) is 6.29 Å². The maximum Gasteiger partial charge on any atom is 0.210 e. The second kappa shape index (κ2) is 8.20. The first kappa shape index (κ1) is 18.8. The van der Waals surface area contributed by atoms with E-state index in [4.69, 9.17) is 9.47 Å². The minimum atomic E-state index is -0.359. The van der Waals surface area contributed by atoms with Gasteiger partial charge in [-0.2, -0.15) is 0 Å². The third-order valence-electron chi connectivity index (χ3n) is 5.78. The number of fused-ring (bicyclic) bond motifs is 3. The third-order valence-corrected chi connectivity index (χ3v) is 5.78. The second-order valence-electron chi connectivity index (χ2n) is 7.48. The van der Waals surface area contributed by atoms with Crippen molar-refractivity contribution in [1.29, 1.82) is 0 Å². The van der Waals surface area contributed by atoms with E-state index in [1.54, 1.807) is 0 Å². The zero-order valence-electron chi connectivity index (χ0n) is 16.9. The number of ether oxygens (including phenoxy) is 2. The summed E-state index contributed by atoms with van der Waals surface area (Å²) in [4.78, 5) is 0. The van der Waals surface area contributed by atoms with Crippen molar-refractivity contribution in [3.8, 4) is 16.9 Å². The fraction of sp³-hybridized carbons (Fsp3) is 0.308. The number of benzene rings is 3. The van der Waals surface area contributed by atoms with E-state index in [0.29, 0.717) is 12.5 Å². The third kappa shape index (κ3) is 3.45. The van der Waals surface area contributed by atoms with Crippen LogP contribution in [0.15, 0.2) is 72.8 Å². The van der Waals surface area contributed by atoms with Crippen LogP contribution in [0.25, 0.3) is 11.1 Å². The molecule has 28 heavy (non-hydrogen) atoms. The van der Waals surface area contributed by atoms with Gasteiger partial charge >= 0.3 is 0 Å². The van der Waals surface area contributed by atoms with Crippen molar-refractivity contribution < 1.29 is 9.47 Å². The maximum atomic E-state index is 6.47. The van der Waals surface area contributed by atoms with Gasteiger partial charge in [-0.05, 0) is 59.2 Å². The molecule has 0 spiro atoms. The highest BCUT2D eigenvalue weighted by molar-refractivity contribution is 5.78. The van der Waals surface area contributed by atoms with E-state index in [1.807, 2.05) is 13.0 Å². The van der Waals surface area contributed by atoms with E-state index >= 15 is 0 Å². The van der Waals surface area contributed by atoms with Crippen molar-refractivity contribution in [2.75, 3.05) is 6.61 Å². The molecule has 3 aromatic rings. The average molecular weight is 373 g/mol. The quantitative estimate of drug-likeness (QED) is 0.427. The molecule has 0 aliphatic heterocycles. The number of hydrogen-bond acceptors (Lipinski definition) is 2. The Morgan fingerprint density at radius 1 is 0.821 bits per heavy atom. The number of rotatable bonds is 7. The molecule has 2 nitrogen and oxygen atoms in total. The van der Waals surface area contributed by atoms with Gasteiger partial charge in [-0.1, -0.05) is 74.5 Å². The van der Waals surface area contributed by atoms with Crippen LogP contribution in [0, 0.1) is 0 Å². The van der Waals surface area contributed by atoms with Gasteiger partial charge in [0.25, 0.3) is 0 Å². The van der Waals surface area contributed by atoms with E-state index in [0.717, 1.165) is 12.2 Å². The van der Waals surface area contributed by atoms with E-state index in [-0.39, 0.29) is 12.2 Å². The Balaban J connectivity index is 1.71. The lowest BCUT2D eigenvalue weighted by Crippen LogP contribution is -2.28. The van der Waals surface area contributed by atoms with Crippen LogP contribution in [0.3, 0.4) is 0 Å². The van der Waals surface area contributed by atoms with Gasteiger partial charge in [0.15, 0.2) is 0 Å². The first-order valence-corrected chi connectivity index (χ1v) is 10.3. The van der Waals surface area contributed by atoms with Crippen molar-refractivity contribution in [2.45, 2.75) is 45.3 Å². The van der Waals surface area contributed by atoms with E-state index in [1.165, 1.54) is 27.8 Å². The van der Waals surface area contributed by atoms with Crippen molar-refractivity contribution in [3.05, 3.63) is 89.5 Å². The Hall–Kier alpha value is -2.58. The van der Waals surface area contributed by atoms with Crippen molar-refractivity contribution in [3.63, 3.8) is 0 Å². The monoisotopic (exact) mass is 372 g/mol. The predicted octanol–water partition coefficient (Wildman–Crippen LogP) is 6.75. The molecule has 2 atom stereocenters. The SMILES string of the molecule is CCOC(Oc1cccc(C(C)CC)c1)C1c2ccccc2-c2ccccc21. The molecule has 0 radical (unpaired) electrons. The molecule has 0 amide bonds. The molecule has 0 heterocycles. The summed E-state index contributed by atoms with van der Waals surface area (Å²) in [5, 5.41) is 0. The summed E-state index contributed by atoms with van der Waals surface area (Å²) in [5.74, 6) is 1.46. The molecular weight excluding hydrogens is 344 g/mol. The maximum absolute atomic E-state index is 6.47. The van der Waals surface area contributed by atoms with Gasteiger partial charge in [-0.25, -0.2) is 0 Å². The van der Waals surface area contributed by atoms with Crippen molar-refractivity contribution in [1.82, 2.24) is 0 Å². The first-order chi connectivity index (χ1) is 13.7. The summed E-state index contributed by atoms with van der Waals surface area (Å²) in [6.45, 7) is 7.10. The minimum absolute atomic E-state index is 0.0691. The summed E-state index contributed by atoms with van der Waals surface area (Å²) < 4.78 is 12.6. The van der Waals surface area contributed by atoms with Gasteiger partial charge < -0.3 is 9.47 Å². The molecule has 1 aliphatic rings. The standard InChI is InChI=1S/C26H28O2/c1-4-18(3)19-11-10-12-20(17-19)28-26(27-5-2)25-23-15-8-6-13-21(23)22-14-7-9-16-24(22)25/h6-18,25-26H,4-5H2,1-3H3. The summed E-state index contributed by atoms with van der Waals surface area (Å²) in [6.07, 6.45) is 0.754. The van der Waals surface area contributed by atoms with Gasteiger partial charge in [0.05, 0.1) is 5.92 Å². The van der Waals surface area contributed by atoms with Gasteiger partial charge in [-0.15, -0.1) is 0 Å². The van der Waals surface area contributed by atoms with Crippen LogP contribution >= 0.6 is 0 Å². The van der Waals surface area contributed by atoms with Crippen molar-refractivity contribution in [2.24, 2.45) is 0 Å². The fourth-order valence-electron chi connectivity index (χ4n) is 4.11. The van der Waals surface area contributed by atoms with Crippen LogP contribution < -0.4 is 4.74 Å². The minimum Gasteiger partial charge on any atom is -0.464 e. The fourth-order valence-corrected chi connectivity index (χ4v) is 4.11. The lowest BCUT2D eigenvalue weighted by atomic mass is 9.96. The molecular formula is C26H28O2. The van der Waals surface area contributed by atoms with Crippen molar-refractivity contribution >= 4 is 0 Å². The highest BCUT2D eigenvalue weighted by Gasteiger charge is 2.36. The summed E-state index contributed by atoms with van der Waals surface area (Å²) in [7, 11) is 0. The normalized spacial score (nSPS) is 15.0. The van der Waals surface area contributed by atoms with Crippen LogP contribution in [-0.2, 0) is 4.74 Å². The summed E-state index contributed by atoms with van der Waals surface area (Å²) in [6, 6.07) is 25.6. The number of hydrogen-bond donors (Lipinski definition) is 0. The van der Waals surface area contributed by atoms with Crippen LogP contribution in [0.2, 0.25) is 0 Å². The Labute approximate surface area is 168 Å². The molecule has 0 saturated heterocycles. The molecule has 3 aromatic carbocycles. The van der Waals surface area contributed by atoms with Gasteiger partial charge in [0, 0.05) is 6.61 Å². The Morgan fingerprint density at radius 3 is 2.07 bits per heavy atom. The van der Waals surface area contributed by atoms with E-state index in [9.17, 15) is 0 Å². The second-order valence-corrected chi connectivity index (χ2v) is 7.48. The Morgan fingerprint density at radius 2 is 1.46 bits per heavy atom. The summed E-state index contributed by atoms with van der Waals surface area (Å²) in [5.41, 5.74) is 6.43. The highest BCUT2D eigenvalue weighted by atomic mass is 16.7. The van der Waals surface area contributed by atoms with E-state index in [2.05, 4.69) is 80.6 Å². The molecule has 144 valence electrons. The van der Waals surface area contributed by atoms with Gasteiger partial charge in [0.1, 0.15) is 5.75 Å².